The number of anilines is 1. The highest BCUT2D eigenvalue weighted by atomic mass is 32.2. The number of aromatic amines is 1. The van der Waals surface area contributed by atoms with Gasteiger partial charge in [0, 0.05) is 18.2 Å². The van der Waals surface area contributed by atoms with Crippen LogP contribution < -0.4 is 20.9 Å². The van der Waals surface area contributed by atoms with E-state index in [1.807, 2.05) is 6.07 Å². The van der Waals surface area contributed by atoms with E-state index in [-0.39, 0.29) is 18.3 Å². The molecule has 0 aliphatic carbocycles. The summed E-state index contributed by atoms with van der Waals surface area (Å²) in [6, 6.07) is 16.0. The van der Waals surface area contributed by atoms with Crippen LogP contribution in [0.2, 0.25) is 0 Å². The fourth-order valence-corrected chi connectivity index (χ4v) is 2.96. The SMILES string of the molecule is CC(=O)Nc1ccc(-c2nc(SCC(=O)NNC(=O)COc3ccccc3)n[nH]2)cc1. The molecule has 4 N–H and O–H groups in total. The van der Waals surface area contributed by atoms with Crippen molar-refractivity contribution in [3.8, 4) is 17.1 Å². The topological polar surface area (TPSA) is 138 Å². The van der Waals surface area contributed by atoms with Crippen molar-refractivity contribution in [3.63, 3.8) is 0 Å². The van der Waals surface area contributed by atoms with Crippen LogP contribution in [-0.4, -0.2) is 45.3 Å². The van der Waals surface area contributed by atoms with Crippen LogP contribution >= 0.6 is 11.8 Å². The second kappa shape index (κ2) is 10.8. The molecule has 0 fully saturated rings. The first kappa shape index (κ1) is 21.8. The summed E-state index contributed by atoms with van der Waals surface area (Å²) in [7, 11) is 0. The van der Waals surface area contributed by atoms with Crippen molar-refractivity contribution in [2.45, 2.75) is 12.1 Å². The van der Waals surface area contributed by atoms with E-state index in [2.05, 4.69) is 31.3 Å². The number of para-hydroxylation sites is 1. The number of amides is 3. The van der Waals surface area contributed by atoms with Gasteiger partial charge in [-0.1, -0.05) is 30.0 Å². The van der Waals surface area contributed by atoms with E-state index in [9.17, 15) is 14.4 Å². The molecule has 0 atom stereocenters. The number of thioether (sulfide) groups is 1. The number of rotatable bonds is 8. The smallest absolute Gasteiger partial charge is 0.276 e. The maximum atomic E-state index is 11.9. The molecule has 0 aliphatic heterocycles. The van der Waals surface area contributed by atoms with Gasteiger partial charge in [0.2, 0.25) is 17.0 Å². The first-order valence-electron chi connectivity index (χ1n) is 9.18. The van der Waals surface area contributed by atoms with Gasteiger partial charge in [-0.25, -0.2) is 4.98 Å². The molecule has 2 aromatic carbocycles. The molecule has 1 aromatic heterocycles. The zero-order chi connectivity index (χ0) is 22.1. The number of nitrogens with one attached hydrogen (secondary N) is 4. The van der Waals surface area contributed by atoms with Crippen LogP contribution in [0.4, 0.5) is 5.69 Å². The number of hydrogen-bond donors (Lipinski definition) is 4. The van der Waals surface area contributed by atoms with Crippen LogP contribution in [0.15, 0.2) is 59.8 Å². The van der Waals surface area contributed by atoms with E-state index in [0.717, 1.165) is 17.3 Å². The van der Waals surface area contributed by atoms with Crippen molar-refractivity contribution >= 4 is 35.2 Å². The summed E-state index contributed by atoms with van der Waals surface area (Å²) in [4.78, 5) is 39.0. The maximum absolute atomic E-state index is 11.9. The molecule has 31 heavy (non-hydrogen) atoms. The minimum absolute atomic E-state index is 0.0125. The van der Waals surface area contributed by atoms with Crippen molar-refractivity contribution in [1.82, 2.24) is 26.0 Å². The fraction of sp³-hybridized carbons (Fsp3) is 0.150. The summed E-state index contributed by atoms with van der Waals surface area (Å²) >= 11 is 1.11. The number of carbonyl (C=O) groups is 3. The lowest BCUT2D eigenvalue weighted by atomic mass is 10.2. The molecule has 3 rings (SSSR count). The molecular formula is C20H20N6O4S. The van der Waals surface area contributed by atoms with Gasteiger partial charge in [-0.15, -0.1) is 5.10 Å². The second-order valence-electron chi connectivity index (χ2n) is 6.21. The lowest BCUT2D eigenvalue weighted by Crippen LogP contribution is -2.44. The summed E-state index contributed by atoms with van der Waals surface area (Å²) in [6.07, 6.45) is 0. The standard InChI is InChI=1S/C20H20N6O4S/c1-13(27)21-15-9-7-14(8-10-15)19-22-20(26-25-19)31-12-18(29)24-23-17(28)11-30-16-5-3-2-4-6-16/h2-10H,11-12H2,1H3,(H,21,27)(H,23,28)(H,24,29)(H,22,25,26). The van der Waals surface area contributed by atoms with Gasteiger partial charge < -0.3 is 10.1 Å². The zero-order valence-corrected chi connectivity index (χ0v) is 17.4. The molecular weight excluding hydrogens is 420 g/mol. The Hall–Kier alpha value is -3.86. The Kier molecular flexibility index (Phi) is 7.60. The van der Waals surface area contributed by atoms with Crippen molar-refractivity contribution < 1.29 is 19.1 Å². The monoisotopic (exact) mass is 440 g/mol. The quantitative estimate of drug-likeness (QED) is 0.309. The van der Waals surface area contributed by atoms with Crippen molar-refractivity contribution in [3.05, 3.63) is 54.6 Å². The van der Waals surface area contributed by atoms with E-state index < -0.39 is 11.8 Å². The molecule has 1 heterocycles. The van der Waals surface area contributed by atoms with Gasteiger partial charge in [0.25, 0.3) is 5.91 Å². The van der Waals surface area contributed by atoms with Crippen LogP contribution in [0.5, 0.6) is 5.75 Å². The van der Waals surface area contributed by atoms with Crippen molar-refractivity contribution in [2.24, 2.45) is 0 Å². The third-order valence-electron chi connectivity index (χ3n) is 3.73. The van der Waals surface area contributed by atoms with E-state index in [1.165, 1.54) is 6.92 Å². The first-order valence-corrected chi connectivity index (χ1v) is 10.2. The van der Waals surface area contributed by atoms with Crippen molar-refractivity contribution in [1.29, 1.82) is 0 Å². The Bertz CT molecular complexity index is 1040. The summed E-state index contributed by atoms with van der Waals surface area (Å²) in [6.45, 7) is 1.22. The molecule has 0 spiro atoms. The molecule has 10 nitrogen and oxygen atoms in total. The van der Waals surface area contributed by atoms with Crippen molar-refractivity contribution in [2.75, 3.05) is 17.7 Å². The Morgan fingerprint density at radius 1 is 1.00 bits per heavy atom. The molecule has 0 saturated carbocycles. The normalized spacial score (nSPS) is 10.2. The molecule has 160 valence electrons. The average Bonchev–Trinajstić information content (AvgIpc) is 3.25. The van der Waals surface area contributed by atoms with Crippen LogP contribution in [-0.2, 0) is 14.4 Å². The molecule has 0 aliphatic rings. The van der Waals surface area contributed by atoms with E-state index in [1.54, 1.807) is 48.5 Å². The molecule has 3 amide bonds. The zero-order valence-electron chi connectivity index (χ0n) is 16.5. The molecule has 0 saturated heterocycles. The summed E-state index contributed by atoms with van der Waals surface area (Å²) < 4.78 is 5.29. The number of benzene rings is 2. The number of carbonyl (C=O) groups excluding carboxylic acids is 3. The van der Waals surface area contributed by atoms with Gasteiger partial charge in [-0.3, -0.25) is 30.3 Å². The fourth-order valence-electron chi connectivity index (χ4n) is 2.36. The Morgan fingerprint density at radius 3 is 2.42 bits per heavy atom. The molecule has 0 unspecified atom stereocenters. The molecule has 0 radical (unpaired) electrons. The largest absolute Gasteiger partial charge is 0.484 e. The lowest BCUT2D eigenvalue weighted by Gasteiger charge is -2.08. The Morgan fingerprint density at radius 2 is 1.71 bits per heavy atom. The lowest BCUT2D eigenvalue weighted by molar-refractivity contribution is -0.128. The van der Waals surface area contributed by atoms with Gasteiger partial charge >= 0.3 is 0 Å². The second-order valence-corrected chi connectivity index (χ2v) is 7.15. The van der Waals surface area contributed by atoms with E-state index in [0.29, 0.717) is 22.4 Å². The highest BCUT2D eigenvalue weighted by Gasteiger charge is 2.10. The summed E-state index contributed by atoms with van der Waals surface area (Å²) in [5.74, 6) is 0.0604. The maximum Gasteiger partial charge on any atom is 0.276 e. The predicted molar refractivity (Wildman–Crippen MR) is 115 cm³/mol. The van der Waals surface area contributed by atoms with Crippen LogP contribution in [0.25, 0.3) is 11.4 Å². The number of hydrogen-bond acceptors (Lipinski definition) is 7. The summed E-state index contributed by atoms with van der Waals surface area (Å²) in [5, 5.41) is 9.93. The van der Waals surface area contributed by atoms with E-state index in [4.69, 9.17) is 4.74 Å². The number of ether oxygens (including phenoxy) is 1. The van der Waals surface area contributed by atoms with Crippen LogP contribution in [0, 0.1) is 0 Å². The number of hydrazine groups is 1. The van der Waals surface area contributed by atoms with Gasteiger partial charge in [-0.2, -0.15) is 0 Å². The number of aromatic nitrogens is 3. The third-order valence-corrected chi connectivity index (χ3v) is 4.58. The van der Waals surface area contributed by atoms with Crippen LogP contribution in [0.1, 0.15) is 6.92 Å². The van der Waals surface area contributed by atoms with E-state index >= 15 is 0 Å². The first-order chi connectivity index (χ1) is 15.0. The van der Waals surface area contributed by atoms with Crippen LogP contribution in [0.3, 0.4) is 0 Å². The minimum Gasteiger partial charge on any atom is -0.484 e. The Balaban J connectivity index is 1.40. The minimum atomic E-state index is -0.481. The van der Waals surface area contributed by atoms with Gasteiger partial charge in [0.1, 0.15) is 5.75 Å². The third kappa shape index (κ3) is 7.16. The molecule has 11 heteroatoms. The average molecular weight is 440 g/mol. The highest BCUT2D eigenvalue weighted by molar-refractivity contribution is 7.99. The molecule has 3 aromatic rings. The summed E-state index contributed by atoms with van der Waals surface area (Å²) in [5.41, 5.74) is 6.05. The van der Waals surface area contributed by atoms with Gasteiger partial charge in [-0.05, 0) is 36.4 Å². The number of nitrogens with zero attached hydrogens (tertiary/aromatic N) is 2. The highest BCUT2D eigenvalue weighted by Crippen LogP contribution is 2.20. The Labute approximate surface area is 182 Å². The van der Waals surface area contributed by atoms with Gasteiger partial charge in [0.15, 0.2) is 12.4 Å². The number of H-pyrrole nitrogens is 1. The van der Waals surface area contributed by atoms with Gasteiger partial charge in [0.05, 0.1) is 5.75 Å². The molecule has 0 bridgehead atoms. The predicted octanol–water partition coefficient (Wildman–Crippen LogP) is 1.75.